The molecule has 3 rings (SSSR count). The normalized spacial score (nSPS) is 20.0. The first-order chi connectivity index (χ1) is 16.0. The number of rotatable bonds is 4. The fraction of sp³-hybridized carbons (Fsp3) is 0.520. The molecule has 9 heteroatoms. The first kappa shape index (κ1) is 26.0. The number of esters is 1. The molecule has 2 N–H and O–H groups in total. The molecule has 0 saturated carbocycles. The summed E-state index contributed by atoms with van der Waals surface area (Å²) >= 11 is 0. The summed E-state index contributed by atoms with van der Waals surface area (Å²) in [6, 6.07) is 11.7. The van der Waals surface area contributed by atoms with Crippen LogP contribution in [0.5, 0.6) is 0 Å². The zero-order chi connectivity index (χ0) is 24.9. The minimum atomic E-state index is -3.51. The molecule has 2 heterocycles. The van der Waals surface area contributed by atoms with Crippen LogP contribution < -0.4 is 14.9 Å². The molecule has 4 bridgehead atoms. The Morgan fingerprint density at radius 1 is 1.18 bits per heavy atom. The highest BCUT2D eigenvalue weighted by molar-refractivity contribution is 7.92. The maximum atomic E-state index is 12.9. The van der Waals surface area contributed by atoms with E-state index in [9.17, 15) is 13.2 Å². The molecule has 0 amide bonds. The maximum absolute atomic E-state index is 12.9. The number of fused-ring (bicyclic) bond motifs is 4. The number of nitrogens with zero attached hydrogens (tertiary/aromatic N) is 3. The van der Waals surface area contributed by atoms with E-state index in [1.54, 1.807) is 13.0 Å². The van der Waals surface area contributed by atoms with Gasteiger partial charge in [-0.2, -0.15) is 0 Å². The van der Waals surface area contributed by atoms with Crippen molar-refractivity contribution >= 4 is 27.6 Å². The molecule has 1 atom stereocenters. The number of benzene rings is 1. The molecular weight excluding hydrogens is 452 g/mol. The van der Waals surface area contributed by atoms with Gasteiger partial charge in [-0.1, -0.05) is 31.2 Å². The fourth-order valence-electron chi connectivity index (χ4n) is 4.08. The summed E-state index contributed by atoms with van der Waals surface area (Å²) < 4.78 is 31.1. The van der Waals surface area contributed by atoms with Gasteiger partial charge in [-0.15, -0.1) is 0 Å². The summed E-state index contributed by atoms with van der Waals surface area (Å²) in [7, 11) is -2.04. The summed E-state index contributed by atoms with van der Waals surface area (Å²) in [6.45, 7) is 5.34. The summed E-state index contributed by atoms with van der Waals surface area (Å²) in [5, 5.41) is 0. The van der Waals surface area contributed by atoms with Crippen LogP contribution in [0.15, 0.2) is 36.4 Å². The van der Waals surface area contributed by atoms with E-state index in [-0.39, 0.29) is 6.61 Å². The Balaban J connectivity index is 2.00. The number of hydrogen-bond acceptors (Lipinski definition) is 7. The Morgan fingerprint density at radius 3 is 2.62 bits per heavy atom. The SMILES string of the molecule is CCCN1CCCCc2cccc(c2)CC(C)(N)C(=O)OCc2cc1nc(N(C)S(C)(=O)=O)c2. The van der Waals surface area contributed by atoms with Gasteiger partial charge >= 0.3 is 5.97 Å². The molecule has 0 saturated heterocycles. The second-order valence-electron chi connectivity index (χ2n) is 9.36. The molecule has 1 aromatic carbocycles. The number of anilines is 2. The summed E-state index contributed by atoms with van der Waals surface area (Å²) in [4.78, 5) is 19.7. The van der Waals surface area contributed by atoms with Crippen molar-refractivity contribution in [2.45, 2.75) is 58.1 Å². The largest absolute Gasteiger partial charge is 0.459 e. The summed E-state index contributed by atoms with van der Waals surface area (Å²) in [5.41, 5.74) is 8.05. The van der Waals surface area contributed by atoms with E-state index in [1.165, 1.54) is 12.6 Å². The molecule has 1 aliphatic heterocycles. The molecule has 2 aromatic rings. The second-order valence-corrected chi connectivity index (χ2v) is 11.4. The highest BCUT2D eigenvalue weighted by atomic mass is 32.2. The van der Waals surface area contributed by atoms with Gasteiger partial charge in [0.15, 0.2) is 0 Å². The quantitative estimate of drug-likeness (QED) is 0.660. The minimum absolute atomic E-state index is 0.0221. The molecule has 186 valence electrons. The van der Waals surface area contributed by atoms with Crippen molar-refractivity contribution in [3.05, 3.63) is 53.1 Å². The number of ether oxygens (including phenoxy) is 1. The molecule has 1 aliphatic rings. The Hall–Kier alpha value is -2.65. The topological polar surface area (TPSA) is 106 Å². The Bertz CT molecular complexity index is 1120. The molecule has 0 aliphatic carbocycles. The van der Waals surface area contributed by atoms with Crippen molar-refractivity contribution in [1.29, 1.82) is 0 Å². The molecule has 0 radical (unpaired) electrons. The van der Waals surface area contributed by atoms with Crippen molar-refractivity contribution in [2.75, 3.05) is 35.6 Å². The highest BCUT2D eigenvalue weighted by Gasteiger charge is 2.31. The molecule has 1 unspecified atom stereocenters. The number of carbonyl (C=O) groups excluding carboxylic acids is 1. The van der Waals surface area contributed by atoms with Gasteiger partial charge in [0.25, 0.3) is 0 Å². The van der Waals surface area contributed by atoms with E-state index in [0.29, 0.717) is 23.6 Å². The third-order valence-corrected chi connectivity index (χ3v) is 7.22. The lowest BCUT2D eigenvalue weighted by atomic mass is 9.92. The number of aromatic nitrogens is 1. The minimum Gasteiger partial charge on any atom is -0.459 e. The summed E-state index contributed by atoms with van der Waals surface area (Å²) in [5.74, 6) is 0.455. The molecule has 0 spiro atoms. The van der Waals surface area contributed by atoms with Crippen LogP contribution in [-0.2, 0) is 39.0 Å². The van der Waals surface area contributed by atoms with E-state index in [1.807, 2.05) is 18.2 Å². The first-order valence-electron chi connectivity index (χ1n) is 11.7. The number of hydrogen-bond donors (Lipinski definition) is 1. The van der Waals surface area contributed by atoms with Gasteiger partial charge in [0.05, 0.1) is 6.26 Å². The van der Waals surface area contributed by atoms with Crippen molar-refractivity contribution in [3.8, 4) is 0 Å². The monoisotopic (exact) mass is 488 g/mol. The van der Waals surface area contributed by atoms with Crippen LogP contribution in [0.25, 0.3) is 0 Å². The molecule has 8 nitrogen and oxygen atoms in total. The van der Waals surface area contributed by atoms with E-state index >= 15 is 0 Å². The zero-order valence-electron chi connectivity index (χ0n) is 20.6. The van der Waals surface area contributed by atoms with Gasteiger partial charge in [-0.25, -0.2) is 13.4 Å². The predicted molar refractivity (Wildman–Crippen MR) is 135 cm³/mol. The highest BCUT2D eigenvalue weighted by Crippen LogP contribution is 2.24. The van der Waals surface area contributed by atoms with Crippen molar-refractivity contribution in [1.82, 2.24) is 4.98 Å². The van der Waals surface area contributed by atoms with Crippen LogP contribution in [0.2, 0.25) is 0 Å². The predicted octanol–water partition coefficient (Wildman–Crippen LogP) is 3.03. The second kappa shape index (κ2) is 10.7. The smallest absolute Gasteiger partial charge is 0.326 e. The van der Waals surface area contributed by atoms with Crippen LogP contribution in [0.1, 0.15) is 49.8 Å². The number of sulfonamides is 1. The van der Waals surface area contributed by atoms with Gasteiger partial charge in [0.2, 0.25) is 10.0 Å². The van der Waals surface area contributed by atoms with Gasteiger partial charge in [0, 0.05) is 26.6 Å². The standard InChI is InChI=1S/C25H36N4O4S/c1-5-12-29-13-7-6-9-19-10-8-11-20(14-19)17-25(2,26)24(30)33-18-21-15-22(27-23(29)16-21)28(3)34(4,31)32/h8,10-11,14-16H,5-7,9,12-13,17-18,26H2,1-4H3. The van der Waals surface area contributed by atoms with Crippen molar-refractivity contribution in [2.24, 2.45) is 5.73 Å². The average molecular weight is 489 g/mol. The Kier molecular flexibility index (Phi) is 8.20. The van der Waals surface area contributed by atoms with Crippen LogP contribution in [0, 0.1) is 0 Å². The van der Waals surface area contributed by atoms with E-state index < -0.39 is 21.5 Å². The van der Waals surface area contributed by atoms with Gasteiger partial charge < -0.3 is 15.4 Å². The zero-order valence-corrected chi connectivity index (χ0v) is 21.4. The van der Waals surface area contributed by atoms with Crippen molar-refractivity contribution < 1.29 is 17.9 Å². The lowest BCUT2D eigenvalue weighted by Gasteiger charge is -2.27. The Morgan fingerprint density at radius 2 is 1.91 bits per heavy atom. The van der Waals surface area contributed by atoms with Crippen molar-refractivity contribution in [3.63, 3.8) is 0 Å². The maximum Gasteiger partial charge on any atom is 0.326 e. The fourth-order valence-corrected chi connectivity index (χ4v) is 4.51. The lowest BCUT2D eigenvalue weighted by Crippen LogP contribution is -2.48. The number of aryl methyl sites for hydroxylation is 1. The van der Waals surface area contributed by atoms with Gasteiger partial charge in [-0.3, -0.25) is 9.10 Å². The third kappa shape index (κ3) is 6.70. The number of pyridine rings is 1. The van der Waals surface area contributed by atoms with E-state index in [2.05, 4.69) is 28.9 Å². The average Bonchev–Trinajstić information content (AvgIpc) is 2.77. The van der Waals surface area contributed by atoms with E-state index in [0.717, 1.165) is 54.9 Å². The number of nitrogens with two attached hydrogens (primary N) is 1. The van der Waals surface area contributed by atoms with Crippen LogP contribution in [-0.4, -0.2) is 51.3 Å². The number of carbonyl (C=O) groups is 1. The molecule has 1 aromatic heterocycles. The van der Waals surface area contributed by atoms with Crippen LogP contribution >= 0.6 is 0 Å². The molecule has 34 heavy (non-hydrogen) atoms. The summed E-state index contributed by atoms with van der Waals surface area (Å²) in [6.07, 6.45) is 5.32. The van der Waals surface area contributed by atoms with Crippen LogP contribution in [0.3, 0.4) is 0 Å². The van der Waals surface area contributed by atoms with E-state index in [4.69, 9.17) is 10.5 Å². The third-order valence-electron chi connectivity index (χ3n) is 6.04. The van der Waals surface area contributed by atoms with Gasteiger partial charge in [-0.05, 0) is 61.4 Å². The molecule has 0 fully saturated rings. The Labute approximate surface area is 203 Å². The number of cyclic esters (lactones) is 1. The first-order valence-corrected chi connectivity index (χ1v) is 13.6. The van der Waals surface area contributed by atoms with Gasteiger partial charge in [0.1, 0.15) is 23.8 Å². The van der Waals surface area contributed by atoms with Crippen LogP contribution in [0.4, 0.5) is 11.6 Å². The molecular formula is C25H36N4O4S. The lowest BCUT2D eigenvalue weighted by molar-refractivity contribution is -0.150.